The van der Waals surface area contributed by atoms with Crippen LogP contribution in [0.2, 0.25) is 0 Å². The molecule has 2 aromatic rings. The normalized spacial score (nSPS) is 17.9. The number of likely N-dealkylation sites (tertiary alicyclic amines) is 1. The first kappa shape index (κ1) is 18.8. The molecule has 7 heteroatoms. The molecule has 144 valence electrons. The molecule has 1 aliphatic rings. The third-order valence-corrected chi connectivity index (χ3v) is 4.89. The molecular formula is C20H28N6O. The van der Waals surface area contributed by atoms with Crippen LogP contribution in [0.5, 0.6) is 0 Å². The molecule has 1 aromatic heterocycles. The van der Waals surface area contributed by atoms with Gasteiger partial charge in [-0.3, -0.25) is 10.2 Å². The molecule has 0 unspecified atom stereocenters. The minimum Gasteiger partial charge on any atom is -0.374 e. The molecular weight excluding hydrogens is 340 g/mol. The number of benzene rings is 1. The van der Waals surface area contributed by atoms with Crippen LogP contribution in [0.4, 0.5) is 11.5 Å². The number of anilines is 2. The van der Waals surface area contributed by atoms with E-state index < -0.39 is 0 Å². The summed E-state index contributed by atoms with van der Waals surface area (Å²) in [5, 5.41) is 18.0. The molecule has 0 spiro atoms. The van der Waals surface area contributed by atoms with Crippen LogP contribution in [0.3, 0.4) is 0 Å². The van der Waals surface area contributed by atoms with Crippen LogP contribution in [0.1, 0.15) is 25.3 Å². The van der Waals surface area contributed by atoms with Gasteiger partial charge in [0.15, 0.2) is 0 Å². The fourth-order valence-corrected chi connectivity index (χ4v) is 3.42. The molecule has 0 aliphatic carbocycles. The van der Waals surface area contributed by atoms with Crippen LogP contribution in [0.15, 0.2) is 42.6 Å². The molecule has 0 saturated carbocycles. The number of H-pyrrole nitrogens is 1. The molecule has 1 amide bonds. The fraction of sp³-hybridized carbons (Fsp3) is 0.400. The minimum absolute atomic E-state index is 0.0187. The van der Waals surface area contributed by atoms with Gasteiger partial charge in [0, 0.05) is 38.1 Å². The lowest BCUT2D eigenvalue weighted by molar-refractivity contribution is -0.122. The number of nitrogens with one attached hydrogen (secondary N) is 5. The van der Waals surface area contributed by atoms with Crippen LogP contribution >= 0.6 is 0 Å². The molecule has 7 nitrogen and oxygen atoms in total. The van der Waals surface area contributed by atoms with E-state index in [1.807, 2.05) is 61.5 Å². The van der Waals surface area contributed by atoms with Gasteiger partial charge in [0.1, 0.15) is 17.7 Å². The second-order valence-electron chi connectivity index (χ2n) is 6.89. The highest BCUT2D eigenvalue weighted by Gasteiger charge is 2.26. The third kappa shape index (κ3) is 4.61. The molecule has 1 aromatic carbocycles. The monoisotopic (exact) mass is 368 g/mol. The van der Waals surface area contributed by atoms with Crippen LogP contribution in [-0.2, 0) is 4.79 Å². The Morgan fingerprint density at radius 3 is 2.81 bits per heavy atom. The molecule has 27 heavy (non-hydrogen) atoms. The molecule has 3 rings (SSSR count). The lowest BCUT2D eigenvalue weighted by atomic mass is 10.0. The maximum atomic E-state index is 12.6. The van der Waals surface area contributed by atoms with E-state index in [-0.39, 0.29) is 18.0 Å². The number of hydrogen-bond acceptors (Lipinski definition) is 4. The molecule has 1 saturated heterocycles. The van der Waals surface area contributed by atoms with Gasteiger partial charge in [0.25, 0.3) is 0 Å². The van der Waals surface area contributed by atoms with Crippen molar-refractivity contribution in [3.05, 3.63) is 48.2 Å². The number of rotatable bonds is 6. The van der Waals surface area contributed by atoms with E-state index in [2.05, 4.69) is 20.9 Å². The Morgan fingerprint density at radius 2 is 2.07 bits per heavy atom. The average Bonchev–Trinajstić information content (AvgIpc) is 3.17. The van der Waals surface area contributed by atoms with Crippen molar-refractivity contribution in [1.82, 2.24) is 15.2 Å². The van der Waals surface area contributed by atoms with E-state index in [0.29, 0.717) is 12.4 Å². The number of para-hydroxylation sites is 1. The fourth-order valence-electron chi connectivity index (χ4n) is 3.42. The second-order valence-corrected chi connectivity index (χ2v) is 6.89. The first-order chi connectivity index (χ1) is 13.1. The number of carbonyl (C=O) groups is 1. The SMILES string of the molecule is CNc1[nH]ccc1C(=N)N1CCC[C@@H](NC(=O)[C@@H](C)Nc2ccccc2)C1. The Labute approximate surface area is 160 Å². The van der Waals surface area contributed by atoms with Gasteiger partial charge >= 0.3 is 0 Å². The van der Waals surface area contributed by atoms with E-state index in [1.165, 1.54) is 0 Å². The number of hydrogen-bond donors (Lipinski definition) is 5. The van der Waals surface area contributed by atoms with E-state index >= 15 is 0 Å². The van der Waals surface area contributed by atoms with Crippen molar-refractivity contribution >= 4 is 23.2 Å². The zero-order valence-corrected chi connectivity index (χ0v) is 15.9. The Morgan fingerprint density at radius 1 is 1.30 bits per heavy atom. The molecule has 1 fully saturated rings. The summed E-state index contributed by atoms with van der Waals surface area (Å²) in [5.41, 5.74) is 1.78. The zero-order chi connectivity index (χ0) is 19.2. The Hall–Kier alpha value is -2.96. The quantitative estimate of drug-likeness (QED) is 0.400. The molecule has 5 N–H and O–H groups in total. The van der Waals surface area contributed by atoms with E-state index in [1.54, 1.807) is 0 Å². The van der Waals surface area contributed by atoms with Crippen LogP contribution < -0.4 is 16.0 Å². The predicted molar refractivity (Wildman–Crippen MR) is 109 cm³/mol. The lowest BCUT2D eigenvalue weighted by Crippen LogP contribution is -2.52. The zero-order valence-electron chi connectivity index (χ0n) is 15.9. The number of amidine groups is 1. The highest BCUT2D eigenvalue weighted by Crippen LogP contribution is 2.19. The van der Waals surface area contributed by atoms with Crippen LogP contribution in [-0.4, -0.2) is 53.8 Å². The number of aromatic nitrogens is 1. The van der Waals surface area contributed by atoms with Crippen molar-refractivity contribution < 1.29 is 4.79 Å². The van der Waals surface area contributed by atoms with Crippen molar-refractivity contribution in [2.24, 2.45) is 0 Å². The van der Waals surface area contributed by atoms with Gasteiger partial charge in [0.2, 0.25) is 5.91 Å². The largest absolute Gasteiger partial charge is 0.374 e. The molecule has 0 bridgehead atoms. The molecule has 1 aliphatic heterocycles. The summed E-state index contributed by atoms with van der Waals surface area (Å²) in [6.45, 7) is 3.35. The van der Waals surface area contributed by atoms with Gasteiger partial charge < -0.3 is 25.8 Å². The van der Waals surface area contributed by atoms with E-state index in [9.17, 15) is 4.79 Å². The van der Waals surface area contributed by atoms with Gasteiger partial charge in [-0.05, 0) is 38.0 Å². The van der Waals surface area contributed by atoms with Gasteiger partial charge in [-0.15, -0.1) is 0 Å². The van der Waals surface area contributed by atoms with Crippen molar-refractivity contribution in [1.29, 1.82) is 5.41 Å². The number of carbonyl (C=O) groups excluding carboxylic acids is 1. The first-order valence-electron chi connectivity index (χ1n) is 9.39. The Balaban J connectivity index is 1.56. The summed E-state index contributed by atoms with van der Waals surface area (Å²) >= 11 is 0. The van der Waals surface area contributed by atoms with Crippen LogP contribution in [0, 0.1) is 5.41 Å². The number of amides is 1. The van der Waals surface area contributed by atoms with Crippen molar-refractivity contribution in [3.8, 4) is 0 Å². The lowest BCUT2D eigenvalue weighted by Gasteiger charge is -2.35. The third-order valence-electron chi connectivity index (χ3n) is 4.89. The summed E-state index contributed by atoms with van der Waals surface area (Å²) in [6, 6.07) is 11.4. The average molecular weight is 368 g/mol. The Bertz CT molecular complexity index is 772. The molecule has 2 atom stereocenters. The van der Waals surface area contributed by atoms with Crippen molar-refractivity contribution in [3.63, 3.8) is 0 Å². The number of nitrogens with zero attached hydrogens (tertiary/aromatic N) is 1. The highest BCUT2D eigenvalue weighted by atomic mass is 16.2. The Kier molecular flexibility index (Phi) is 6.01. The smallest absolute Gasteiger partial charge is 0.242 e. The maximum absolute atomic E-state index is 12.6. The summed E-state index contributed by atoms with van der Waals surface area (Å²) in [5.74, 6) is 1.30. The predicted octanol–water partition coefficient (Wildman–Crippen LogP) is 2.46. The van der Waals surface area contributed by atoms with Crippen molar-refractivity contribution in [2.75, 3.05) is 30.8 Å². The summed E-state index contributed by atoms with van der Waals surface area (Å²) in [4.78, 5) is 17.7. The minimum atomic E-state index is -0.317. The molecule has 2 heterocycles. The maximum Gasteiger partial charge on any atom is 0.242 e. The summed E-state index contributed by atoms with van der Waals surface area (Å²) in [7, 11) is 1.84. The van der Waals surface area contributed by atoms with Gasteiger partial charge in [-0.2, -0.15) is 0 Å². The summed E-state index contributed by atoms with van der Waals surface area (Å²) < 4.78 is 0. The highest BCUT2D eigenvalue weighted by molar-refractivity contribution is 6.01. The number of aromatic amines is 1. The second kappa shape index (κ2) is 8.62. The molecule has 0 radical (unpaired) electrons. The van der Waals surface area contributed by atoms with Crippen LogP contribution in [0.25, 0.3) is 0 Å². The standard InChI is InChI=1S/C20H28N6O/c1-14(24-15-7-4-3-5-8-15)20(27)25-16-9-6-12-26(13-16)18(21)17-10-11-23-19(17)22-2/h3-5,7-8,10-11,14,16,21-24H,6,9,12-13H2,1-2H3,(H,25,27)/t14-,16-/m1/s1. The van der Waals surface area contributed by atoms with Gasteiger partial charge in [-0.25, -0.2) is 0 Å². The first-order valence-corrected chi connectivity index (χ1v) is 9.39. The number of piperidine rings is 1. The van der Waals surface area contributed by atoms with Gasteiger partial charge in [-0.1, -0.05) is 18.2 Å². The van der Waals surface area contributed by atoms with Gasteiger partial charge in [0.05, 0.1) is 5.56 Å². The van der Waals surface area contributed by atoms with E-state index in [4.69, 9.17) is 5.41 Å². The van der Waals surface area contributed by atoms with E-state index in [0.717, 1.165) is 36.5 Å². The summed E-state index contributed by atoms with van der Waals surface area (Å²) in [6.07, 6.45) is 3.71. The topological polar surface area (TPSA) is 96.0 Å². The van der Waals surface area contributed by atoms with Crippen molar-refractivity contribution in [2.45, 2.75) is 31.8 Å².